The fourth-order valence-electron chi connectivity index (χ4n) is 5.25. The van der Waals surface area contributed by atoms with Crippen LogP contribution in [0.2, 0.25) is 0 Å². The molecular formula is C22H23ClFNO5. The van der Waals surface area contributed by atoms with Crippen LogP contribution in [0.5, 0.6) is 0 Å². The van der Waals surface area contributed by atoms with Crippen LogP contribution < -0.4 is 0 Å². The molecule has 0 aromatic heterocycles. The summed E-state index contributed by atoms with van der Waals surface area (Å²) in [5.74, 6) is -1.76. The predicted octanol–water partition coefficient (Wildman–Crippen LogP) is 2.97. The van der Waals surface area contributed by atoms with Crippen LogP contribution in [-0.2, 0) is 19.1 Å². The molecule has 4 rings (SSSR count). The fourth-order valence-corrected chi connectivity index (χ4v) is 5.45. The van der Waals surface area contributed by atoms with Gasteiger partial charge < -0.3 is 4.74 Å². The minimum Gasteiger partial charge on any atom is -0.454 e. The monoisotopic (exact) mass is 435 g/mol. The second-order valence-electron chi connectivity index (χ2n) is 8.29. The average Bonchev–Trinajstić information content (AvgIpc) is 3.40. The largest absolute Gasteiger partial charge is 0.454 e. The van der Waals surface area contributed by atoms with Gasteiger partial charge in [-0.1, -0.05) is 0 Å². The number of rotatable bonds is 8. The van der Waals surface area contributed by atoms with Gasteiger partial charge in [0.2, 0.25) is 17.6 Å². The highest BCUT2D eigenvalue weighted by molar-refractivity contribution is 6.18. The van der Waals surface area contributed by atoms with Crippen LogP contribution in [0, 0.1) is 29.5 Å². The number of likely N-dealkylation sites (tertiary alicyclic amines) is 1. The van der Waals surface area contributed by atoms with Gasteiger partial charge >= 0.3 is 5.97 Å². The molecule has 1 heterocycles. The number of fused-ring (bicyclic) bond motifs is 5. The number of esters is 1. The number of hydrogen-bond donors (Lipinski definition) is 0. The highest BCUT2D eigenvalue weighted by Gasteiger charge is 2.60. The third-order valence-corrected chi connectivity index (χ3v) is 6.84. The van der Waals surface area contributed by atoms with E-state index in [9.17, 15) is 23.6 Å². The summed E-state index contributed by atoms with van der Waals surface area (Å²) < 4.78 is 18.4. The SMILES string of the molecule is O=C(CCN1C(=O)[C@@H]2[C@H]3CC[C@@H](C3)[C@@H]2C1=O)O[C@@H](CCCl)C(=O)c1ccc(F)cc1. The van der Waals surface area contributed by atoms with Crippen molar-refractivity contribution < 1.29 is 28.3 Å². The van der Waals surface area contributed by atoms with Crippen molar-refractivity contribution in [2.75, 3.05) is 12.4 Å². The number of imide groups is 1. The molecule has 3 aliphatic rings. The Balaban J connectivity index is 1.35. The Hall–Kier alpha value is -2.28. The van der Waals surface area contributed by atoms with Crippen molar-refractivity contribution in [2.24, 2.45) is 23.7 Å². The van der Waals surface area contributed by atoms with Gasteiger partial charge in [-0.25, -0.2) is 4.39 Å². The first-order valence-corrected chi connectivity index (χ1v) is 10.8. The van der Waals surface area contributed by atoms with E-state index in [-0.39, 0.29) is 66.3 Å². The van der Waals surface area contributed by atoms with Crippen molar-refractivity contribution in [1.82, 2.24) is 4.90 Å². The Morgan fingerprint density at radius 2 is 1.70 bits per heavy atom. The van der Waals surface area contributed by atoms with E-state index in [1.165, 1.54) is 17.0 Å². The minimum atomic E-state index is -1.10. The molecule has 5 atom stereocenters. The topological polar surface area (TPSA) is 80.8 Å². The second kappa shape index (κ2) is 8.46. The van der Waals surface area contributed by atoms with Crippen molar-refractivity contribution in [3.63, 3.8) is 0 Å². The first-order chi connectivity index (χ1) is 14.4. The van der Waals surface area contributed by atoms with E-state index in [0.717, 1.165) is 31.4 Å². The van der Waals surface area contributed by atoms with E-state index < -0.39 is 23.7 Å². The Morgan fingerprint density at radius 1 is 1.10 bits per heavy atom. The molecule has 8 heteroatoms. The lowest BCUT2D eigenvalue weighted by atomic mass is 9.81. The van der Waals surface area contributed by atoms with E-state index in [1.54, 1.807) is 0 Å². The van der Waals surface area contributed by atoms with Gasteiger partial charge in [0.1, 0.15) is 5.82 Å². The summed E-state index contributed by atoms with van der Waals surface area (Å²) >= 11 is 5.74. The number of halogens is 2. The molecule has 2 amide bonds. The molecule has 0 radical (unpaired) electrons. The number of nitrogens with zero attached hydrogens (tertiary/aromatic N) is 1. The zero-order valence-electron chi connectivity index (χ0n) is 16.4. The number of benzene rings is 1. The van der Waals surface area contributed by atoms with Crippen LogP contribution in [0.15, 0.2) is 24.3 Å². The summed E-state index contributed by atoms with van der Waals surface area (Å²) in [6.45, 7) is -0.0404. The maximum Gasteiger partial charge on any atom is 0.308 e. The van der Waals surface area contributed by atoms with Crippen molar-refractivity contribution in [1.29, 1.82) is 0 Å². The van der Waals surface area contributed by atoms with Crippen molar-refractivity contribution in [2.45, 2.75) is 38.2 Å². The van der Waals surface area contributed by atoms with Crippen molar-refractivity contribution in [3.05, 3.63) is 35.6 Å². The summed E-state index contributed by atoms with van der Waals surface area (Å²) in [5.41, 5.74) is 0.215. The fraction of sp³-hybridized carbons (Fsp3) is 0.545. The molecule has 2 bridgehead atoms. The maximum absolute atomic E-state index is 13.1. The molecule has 30 heavy (non-hydrogen) atoms. The van der Waals surface area contributed by atoms with Crippen LogP contribution in [0.4, 0.5) is 4.39 Å². The quantitative estimate of drug-likeness (QED) is 0.271. The summed E-state index contributed by atoms with van der Waals surface area (Å²) in [5, 5.41) is 0. The normalized spacial score (nSPS) is 28.0. The molecule has 2 saturated carbocycles. The van der Waals surface area contributed by atoms with E-state index in [4.69, 9.17) is 16.3 Å². The van der Waals surface area contributed by atoms with Crippen LogP contribution in [0.3, 0.4) is 0 Å². The molecule has 1 aromatic rings. The van der Waals surface area contributed by atoms with E-state index in [2.05, 4.69) is 0 Å². The maximum atomic E-state index is 13.1. The first kappa shape index (κ1) is 21.0. The molecule has 0 spiro atoms. The van der Waals surface area contributed by atoms with Crippen LogP contribution in [0.1, 0.15) is 42.5 Å². The number of carbonyl (C=O) groups is 4. The Labute approximate surface area is 178 Å². The highest BCUT2D eigenvalue weighted by atomic mass is 35.5. The summed E-state index contributed by atoms with van der Waals surface area (Å²) in [7, 11) is 0. The third kappa shape index (κ3) is 3.75. The zero-order chi connectivity index (χ0) is 21.4. The lowest BCUT2D eigenvalue weighted by molar-refractivity contribution is -0.148. The van der Waals surface area contributed by atoms with Crippen molar-refractivity contribution >= 4 is 35.2 Å². The van der Waals surface area contributed by atoms with Gasteiger partial charge in [0.15, 0.2) is 6.10 Å². The van der Waals surface area contributed by atoms with Gasteiger partial charge in [0.25, 0.3) is 0 Å². The molecule has 6 nitrogen and oxygen atoms in total. The van der Waals surface area contributed by atoms with Gasteiger partial charge in [-0.3, -0.25) is 24.1 Å². The molecule has 160 valence electrons. The van der Waals surface area contributed by atoms with Gasteiger partial charge in [0, 0.05) is 24.4 Å². The van der Waals surface area contributed by atoms with Gasteiger partial charge in [0.05, 0.1) is 18.3 Å². The molecule has 0 N–H and O–H groups in total. The molecule has 1 aliphatic heterocycles. The minimum absolute atomic E-state index is 0.0404. The second-order valence-corrected chi connectivity index (χ2v) is 8.67. The van der Waals surface area contributed by atoms with Crippen LogP contribution >= 0.6 is 11.6 Å². The van der Waals surface area contributed by atoms with Crippen LogP contribution in [0.25, 0.3) is 0 Å². The van der Waals surface area contributed by atoms with Crippen molar-refractivity contribution in [3.8, 4) is 0 Å². The number of amides is 2. The molecular weight excluding hydrogens is 413 g/mol. The number of carbonyl (C=O) groups excluding carboxylic acids is 4. The first-order valence-electron chi connectivity index (χ1n) is 10.3. The standard InChI is InChI=1S/C22H23ClFNO5/c23-9-7-16(20(27)12-3-5-15(24)6-4-12)30-17(26)8-10-25-21(28)18-13-1-2-14(11-13)19(18)22(25)29/h3-6,13-14,16,18-19H,1-2,7-11H2/t13-,14-,16-,18-,19+/m0/s1. The Bertz CT molecular complexity index is 845. The molecule has 2 aliphatic carbocycles. The van der Waals surface area contributed by atoms with Crippen LogP contribution in [-0.4, -0.2) is 47.0 Å². The number of alkyl halides is 1. The van der Waals surface area contributed by atoms with E-state index >= 15 is 0 Å². The molecule has 1 aromatic carbocycles. The molecule has 3 fully saturated rings. The number of hydrogen-bond acceptors (Lipinski definition) is 5. The lowest BCUT2D eigenvalue weighted by Gasteiger charge is -2.19. The summed E-state index contributed by atoms with van der Waals surface area (Å²) in [6.07, 6.45) is 1.77. The van der Waals surface area contributed by atoms with Gasteiger partial charge in [-0.05, 0) is 55.4 Å². The Kier molecular flexibility index (Phi) is 5.91. The smallest absolute Gasteiger partial charge is 0.308 e. The van der Waals surface area contributed by atoms with Gasteiger partial charge in [-0.2, -0.15) is 0 Å². The lowest BCUT2D eigenvalue weighted by Crippen LogP contribution is -2.36. The average molecular weight is 436 g/mol. The number of ketones is 1. The predicted molar refractivity (Wildman–Crippen MR) is 105 cm³/mol. The summed E-state index contributed by atoms with van der Waals surface area (Å²) in [4.78, 5) is 51.5. The molecule has 1 saturated heterocycles. The van der Waals surface area contributed by atoms with Gasteiger partial charge in [-0.15, -0.1) is 11.6 Å². The number of ether oxygens (including phenoxy) is 1. The van der Waals surface area contributed by atoms with E-state index in [0.29, 0.717) is 0 Å². The third-order valence-electron chi connectivity index (χ3n) is 6.62. The highest BCUT2D eigenvalue weighted by Crippen LogP contribution is 2.56. The zero-order valence-corrected chi connectivity index (χ0v) is 17.1. The summed E-state index contributed by atoms with van der Waals surface area (Å²) in [6, 6.07) is 4.95. The molecule has 0 unspecified atom stereocenters. The number of Topliss-reactive ketones (excluding diaryl/α,β-unsaturated/α-hetero) is 1. The van der Waals surface area contributed by atoms with E-state index in [1.807, 2.05) is 0 Å². The Morgan fingerprint density at radius 3 is 2.27 bits per heavy atom.